The Labute approximate surface area is 152 Å². The summed E-state index contributed by atoms with van der Waals surface area (Å²) < 4.78 is 34.0. The van der Waals surface area contributed by atoms with E-state index in [2.05, 4.69) is 0 Å². The van der Waals surface area contributed by atoms with E-state index in [4.69, 9.17) is 4.74 Å². The van der Waals surface area contributed by atoms with Crippen LogP contribution in [0.1, 0.15) is 18.2 Å². The lowest BCUT2D eigenvalue weighted by Crippen LogP contribution is -2.20. The van der Waals surface area contributed by atoms with E-state index in [0.717, 1.165) is 6.07 Å². The van der Waals surface area contributed by atoms with E-state index in [0.29, 0.717) is 23.0 Å². The van der Waals surface area contributed by atoms with Gasteiger partial charge < -0.3 is 9.30 Å². The highest BCUT2D eigenvalue weighted by molar-refractivity contribution is 7.09. The van der Waals surface area contributed by atoms with Gasteiger partial charge in [0.2, 0.25) is 0 Å². The molecule has 0 N–H and O–H groups in total. The normalized spacial score (nSPS) is 11.0. The molecule has 0 fully saturated rings. The first kappa shape index (κ1) is 18.3. The van der Waals surface area contributed by atoms with Crippen molar-refractivity contribution in [3.63, 3.8) is 0 Å². The quantitative estimate of drug-likeness (QED) is 0.616. The predicted molar refractivity (Wildman–Crippen MR) is 96.5 cm³/mol. The first-order chi connectivity index (χ1) is 12.5. The number of thiophene rings is 1. The number of benzene rings is 1. The molecule has 0 saturated heterocycles. The molecule has 3 rings (SSSR count). The number of hydrogen-bond acceptors (Lipinski definition) is 4. The zero-order valence-electron chi connectivity index (χ0n) is 14.1. The van der Waals surface area contributed by atoms with Crippen LogP contribution in [-0.2, 0) is 28.9 Å². The monoisotopic (exact) mass is 377 g/mol. The van der Waals surface area contributed by atoms with E-state index in [1.807, 2.05) is 0 Å². The molecule has 2 aromatic heterocycles. The summed E-state index contributed by atoms with van der Waals surface area (Å²) in [5.41, 5.74) is 1.30. The number of halogens is 2. The lowest BCUT2D eigenvalue weighted by molar-refractivity contribution is -0.143. The average Bonchev–Trinajstić information content (AvgIpc) is 3.10. The summed E-state index contributed by atoms with van der Waals surface area (Å²) in [6.07, 6.45) is 0.502. The van der Waals surface area contributed by atoms with Crippen LogP contribution in [-0.4, -0.2) is 17.1 Å². The van der Waals surface area contributed by atoms with Crippen LogP contribution in [0.4, 0.5) is 8.78 Å². The third kappa shape index (κ3) is 3.67. The zero-order valence-corrected chi connectivity index (χ0v) is 14.9. The highest BCUT2D eigenvalue weighted by Gasteiger charge is 2.15. The van der Waals surface area contributed by atoms with Gasteiger partial charge in [-0.1, -0.05) is 12.1 Å². The molecule has 0 aliphatic rings. The van der Waals surface area contributed by atoms with Crippen molar-refractivity contribution in [3.05, 3.63) is 68.1 Å². The molecule has 4 nitrogen and oxygen atoms in total. The highest BCUT2D eigenvalue weighted by Crippen LogP contribution is 2.20. The van der Waals surface area contributed by atoms with Gasteiger partial charge in [-0.2, -0.15) is 0 Å². The number of esters is 1. The Hall–Kier alpha value is -2.54. The fraction of sp³-hybridized carbons (Fsp3) is 0.263. The Morgan fingerprint density at radius 3 is 2.81 bits per heavy atom. The summed E-state index contributed by atoms with van der Waals surface area (Å²) in [4.78, 5) is 24.3. The fourth-order valence-electron chi connectivity index (χ4n) is 2.88. The molecule has 0 radical (unpaired) electrons. The van der Waals surface area contributed by atoms with Gasteiger partial charge in [-0.05, 0) is 31.4 Å². The maximum Gasteiger partial charge on any atom is 0.325 e. The van der Waals surface area contributed by atoms with Gasteiger partial charge in [0.1, 0.15) is 6.54 Å². The molecule has 0 spiro atoms. The molecular weight excluding hydrogens is 360 g/mol. The lowest BCUT2D eigenvalue weighted by Gasteiger charge is -2.15. The Balaban J connectivity index is 1.97. The molecule has 1 aromatic carbocycles. The van der Waals surface area contributed by atoms with Crippen molar-refractivity contribution in [2.24, 2.45) is 0 Å². The molecular formula is C19H17F2NO3S. The number of aromatic nitrogens is 1. The number of ether oxygens (including phenoxy) is 1. The smallest absolute Gasteiger partial charge is 0.325 e. The Morgan fingerprint density at radius 1 is 1.23 bits per heavy atom. The van der Waals surface area contributed by atoms with Gasteiger partial charge in [-0.3, -0.25) is 9.59 Å². The molecule has 26 heavy (non-hydrogen) atoms. The SMILES string of the molecule is CCOC(=O)Cn1c(CCc2cccc(F)c2F)cc(=O)c2cscc21. The number of fused-ring (bicyclic) bond motifs is 1. The fourth-order valence-corrected chi connectivity index (χ4v) is 3.70. The Bertz CT molecular complexity index is 1010. The van der Waals surface area contributed by atoms with E-state index in [9.17, 15) is 18.4 Å². The van der Waals surface area contributed by atoms with E-state index in [1.54, 1.807) is 22.3 Å². The van der Waals surface area contributed by atoms with Gasteiger partial charge >= 0.3 is 5.97 Å². The van der Waals surface area contributed by atoms with Gasteiger partial charge in [0, 0.05) is 22.5 Å². The second kappa shape index (κ2) is 7.78. The summed E-state index contributed by atoms with van der Waals surface area (Å²) >= 11 is 1.37. The van der Waals surface area contributed by atoms with Gasteiger partial charge in [-0.15, -0.1) is 11.3 Å². The minimum Gasteiger partial charge on any atom is -0.465 e. The molecule has 0 unspecified atom stereocenters. The number of nitrogens with zero attached hydrogens (tertiary/aromatic N) is 1. The first-order valence-corrected chi connectivity index (χ1v) is 9.12. The van der Waals surface area contributed by atoms with E-state index in [1.165, 1.54) is 29.5 Å². The van der Waals surface area contributed by atoms with Gasteiger partial charge in [0.15, 0.2) is 17.1 Å². The van der Waals surface area contributed by atoms with Gasteiger partial charge in [0.25, 0.3) is 0 Å². The Kier molecular flexibility index (Phi) is 5.46. The van der Waals surface area contributed by atoms with Crippen LogP contribution in [0.25, 0.3) is 10.9 Å². The van der Waals surface area contributed by atoms with Gasteiger partial charge in [-0.25, -0.2) is 8.78 Å². The number of aryl methyl sites for hydroxylation is 2. The maximum atomic E-state index is 13.9. The Morgan fingerprint density at radius 2 is 2.04 bits per heavy atom. The molecule has 0 saturated carbocycles. The first-order valence-electron chi connectivity index (χ1n) is 8.18. The zero-order chi connectivity index (χ0) is 18.7. The molecule has 0 aliphatic carbocycles. The number of pyridine rings is 1. The average molecular weight is 377 g/mol. The summed E-state index contributed by atoms with van der Waals surface area (Å²) in [6, 6.07) is 5.47. The molecule has 0 amide bonds. The van der Waals surface area contributed by atoms with Crippen molar-refractivity contribution in [1.29, 1.82) is 0 Å². The lowest BCUT2D eigenvalue weighted by atomic mass is 10.1. The van der Waals surface area contributed by atoms with Crippen molar-refractivity contribution in [3.8, 4) is 0 Å². The third-order valence-corrected chi connectivity index (χ3v) is 4.85. The number of carbonyl (C=O) groups is 1. The summed E-state index contributed by atoms with van der Waals surface area (Å²) in [5, 5.41) is 4.05. The van der Waals surface area contributed by atoms with Crippen LogP contribution < -0.4 is 5.43 Å². The van der Waals surface area contributed by atoms with Crippen molar-refractivity contribution in [2.75, 3.05) is 6.61 Å². The third-order valence-electron chi connectivity index (χ3n) is 4.12. The summed E-state index contributed by atoms with van der Waals surface area (Å²) in [6.45, 7) is 1.94. The van der Waals surface area contributed by atoms with Crippen LogP contribution in [0, 0.1) is 11.6 Å². The number of rotatable bonds is 6. The van der Waals surface area contributed by atoms with Crippen LogP contribution in [0.3, 0.4) is 0 Å². The molecule has 3 aromatic rings. The molecule has 7 heteroatoms. The van der Waals surface area contributed by atoms with Crippen molar-refractivity contribution in [2.45, 2.75) is 26.3 Å². The second-order valence-electron chi connectivity index (χ2n) is 5.77. The molecule has 0 atom stereocenters. The van der Waals surface area contributed by atoms with Crippen LogP contribution in [0.2, 0.25) is 0 Å². The molecule has 0 aliphatic heterocycles. The topological polar surface area (TPSA) is 48.3 Å². The van der Waals surface area contributed by atoms with Crippen molar-refractivity contribution >= 4 is 28.2 Å². The van der Waals surface area contributed by atoms with Crippen LogP contribution in [0.5, 0.6) is 0 Å². The van der Waals surface area contributed by atoms with E-state index in [-0.39, 0.29) is 30.6 Å². The number of carbonyl (C=O) groups excluding carboxylic acids is 1. The molecule has 136 valence electrons. The highest BCUT2D eigenvalue weighted by atomic mass is 32.1. The maximum absolute atomic E-state index is 13.9. The minimum absolute atomic E-state index is 0.0394. The van der Waals surface area contributed by atoms with Crippen molar-refractivity contribution < 1.29 is 18.3 Å². The number of hydrogen-bond donors (Lipinski definition) is 0. The summed E-state index contributed by atoms with van der Waals surface area (Å²) in [7, 11) is 0. The predicted octanol–water partition coefficient (Wildman–Crippen LogP) is 3.69. The second-order valence-corrected chi connectivity index (χ2v) is 6.52. The van der Waals surface area contributed by atoms with Crippen LogP contribution >= 0.6 is 11.3 Å². The van der Waals surface area contributed by atoms with Gasteiger partial charge in [0.05, 0.1) is 17.5 Å². The summed E-state index contributed by atoms with van der Waals surface area (Å²) in [5.74, 6) is -2.20. The van der Waals surface area contributed by atoms with E-state index < -0.39 is 17.6 Å². The van der Waals surface area contributed by atoms with E-state index >= 15 is 0 Å². The van der Waals surface area contributed by atoms with Crippen molar-refractivity contribution in [1.82, 2.24) is 4.57 Å². The van der Waals surface area contributed by atoms with Crippen LogP contribution in [0.15, 0.2) is 39.8 Å². The standard InChI is InChI=1S/C19H17F2NO3S/c1-2-25-18(24)9-22-13(8-17(23)14-10-26-11-16(14)22)7-6-12-4-3-5-15(20)19(12)21/h3-5,8,10-11H,2,6-7,9H2,1H3. The largest absolute Gasteiger partial charge is 0.465 e. The molecule has 0 bridgehead atoms. The molecule has 2 heterocycles. The minimum atomic E-state index is -0.903.